The van der Waals surface area contributed by atoms with Crippen molar-refractivity contribution in [1.82, 2.24) is 9.80 Å². The molecule has 156 valence electrons. The second-order valence-corrected chi connectivity index (χ2v) is 14.4. The van der Waals surface area contributed by atoms with Crippen molar-refractivity contribution in [2.75, 3.05) is 13.3 Å². The van der Waals surface area contributed by atoms with Gasteiger partial charge >= 0.3 is 7.12 Å². The molecule has 0 bridgehead atoms. The van der Waals surface area contributed by atoms with Gasteiger partial charge in [-0.1, -0.05) is 31.8 Å². The zero-order chi connectivity index (χ0) is 21.3. The SMILES string of the molecule is C[Si](C)(C)CCOCN1C(=O)CCC(N2Cc3cc(B(O)O)ccc3C2=O)C1=O. The molecule has 3 rings (SSSR count). The average molecular weight is 418 g/mol. The molecule has 0 radical (unpaired) electrons. The number of rotatable bonds is 7. The minimum absolute atomic E-state index is 0.0888. The Labute approximate surface area is 171 Å². The standard InChI is InChI=1S/C19H27BN2O6Si/c1-29(2,3)9-8-28-12-22-17(23)7-6-16(19(22)25)21-11-13-10-14(20(26)27)4-5-15(13)18(21)24/h4-5,10,16,26-27H,6-9,11-12H2,1-3H3. The molecule has 3 amide bonds. The average Bonchev–Trinajstić information content (AvgIpc) is 2.96. The molecule has 1 aromatic carbocycles. The van der Waals surface area contributed by atoms with Crippen molar-refractivity contribution in [2.24, 2.45) is 0 Å². The highest BCUT2D eigenvalue weighted by Crippen LogP contribution is 2.28. The zero-order valence-corrected chi connectivity index (χ0v) is 18.1. The lowest BCUT2D eigenvalue weighted by Gasteiger charge is -2.35. The third-order valence-electron chi connectivity index (χ3n) is 5.34. The summed E-state index contributed by atoms with van der Waals surface area (Å²) in [7, 11) is -2.90. The molecule has 2 aliphatic rings. The predicted molar refractivity (Wildman–Crippen MR) is 110 cm³/mol. The van der Waals surface area contributed by atoms with E-state index in [9.17, 15) is 24.4 Å². The van der Waals surface area contributed by atoms with E-state index in [1.807, 2.05) is 0 Å². The monoisotopic (exact) mass is 418 g/mol. The largest absolute Gasteiger partial charge is 0.488 e. The van der Waals surface area contributed by atoms with Gasteiger partial charge in [-0.05, 0) is 29.6 Å². The fourth-order valence-electron chi connectivity index (χ4n) is 3.56. The number of nitrogens with zero attached hydrogens (tertiary/aromatic N) is 2. The molecular weight excluding hydrogens is 391 g/mol. The number of amides is 3. The van der Waals surface area contributed by atoms with E-state index >= 15 is 0 Å². The van der Waals surface area contributed by atoms with E-state index in [0.29, 0.717) is 23.2 Å². The Morgan fingerprint density at radius 2 is 1.93 bits per heavy atom. The van der Waals surface area contributed by atoms with Crippen LogP contribution in [0.15, 0.2) is 18.2 Å². The van der Waals surface area contributed by atoms with Gasteiger partial charge in [0.25, 0.3) is 11.8 Å². The van der Waals surface area contributed by atoms with Crippen LogP contribution in [0.2, 0.25) is 25.7 Å². The maximum atomic E-state index is 12.9. The molecule has 1 aromatic rings. The Hall–Kier alpha value is -2.01. The molecule has 0 aromatic heterocycles. The molecule has 1 fully saturated rings. The molecular formula is C19H27BN2O6Si. The maximum absolute atomic E-state index is 12.9. The van der Waals surface area contributed by atoms with Crippen LogP contribution in [0.1, 0.15) is 28.8 Å². The molecule has 0 aliphatic carbocycles. The van der Waals surface area contributed by atoms with Crippen LogP contribution in [0, 0.1) is 0 Å². The number of fused-ring (bicyclic) bond motifs is 1. The van der Waals surface area contributed by atoms with Gasteiger partial charge in [0, 0.05) is 33.2 Å². The van der Waals surface area contributed by atoms with Crippen LogP contribution >= 0.6 is 0 Å². The highest BCUT2D eigenvalue weighted by atomic mass is 28.3. The third-order valence-corrected chi connectivity index (χ3v) is 7.04. The summed E-state index contributed by atoms with van der Waals surface area (Å²) < 4.78 is 5.59. The minimum atomic E-state index is -1.62. The van der Waals surface area contributed by atoms with Crippen molar-refractivity contribution in [3.8, 4) is 0 Å². The van der Waals surface area contributed by atoms with Gasteiger partial charge in [0.15, 0.2) is 0 Å². The number of hydrogen-bond donors (Lipinski definition) is 2. The summed E-state index contributed by atoms with van der Waals surface area (Å²) in [4.78, 5) is 40.6. The number of imide groups is 1. The fraction of sp³-hybridized carbons (Fsp3) is 0.526. The second-order valence-electron chi connectivity index (χ2n) is 8.79. The topological polar surface area (TPSA) is 107 Å². The Morgan fingerprint density at radius 3 is 2.59 bits per heavy atom. The molecule has 10 heteroatoms. The van der Waals surface area contributed by atoms with Crippen molar-refractivity contribution in [3.63, 3.8) is 0 Å². The van der Waals surface area contributed by atoms with Gasteiger partial charge in [0.2, 0.25) is 5.91 Å². The van der Waals surface area contributed by atoms with E-state index in [0.717, 1.165) is 10.9 Å². The normalized spacial score (nSPS) is 19.8. The number of carbonyl (C=O) groups is 3. The van der Waals surface area contributed by atoms with Crippen molar-refractivity contribution < 1.29 is 29.2 Å². The van der Waals surface area contributed by atoms with Crippen molar-refractivity contribution >= 4 is 38.4 Å². The number of carbonyl (C=O) groups excluding carboxylic acids is 3. The molecule has 1 saturated heterocycles. The van der Waals surface area contributed by atoms with Crippen molar-refractivity contribution in [3.05, 3.63) is 29.3 Å². The van der Waals surface area contributed by atoms with Gasteiger partial charge < -0.3 is 19.7 Å². The van der Waals surface area contributed by atoms with E-state index < -0.39 is 27.1 Å². The highest BCUT2D eigenvalue weighted by molar-refractivity contribution is 6.76. The lowest BCUT2D eigenvalue weighted by atomic mass is 9.79. The van der Waals surface area contributed by atoms with E-state index in [4.69, 9.17) is 4.74 Å². The van der Waals surface area contributed by atoms with Gasteiger partial charge in [0.1, 0.15) is 12.8 Å². The quantitative estimate of drug-likeness (QED) is 0.371. The van der Waals surface area contributed by atoms with Crippen LogP contribution in [0.4, 0.5) is 0 Å². The van der Waals surface area contributed by atoms with Gasteiger partial charge in [0.05, 0.1) is 0 Å². The molecule has 2 heterocycles. The van der Waals surface area contributed by atoms with E-state index in [1.54, 1.807) is 12.1 Å². The van der Waals surface area contributed by atoms with Gasteiger partial charge in [-0.15, -0.1) is 0 Å². The summed E-state index contributed by atoms with van der Waals surface area (Å²) in [5.74, 6) is -0.988. The first kappa shape index (κ1) is 21.7. The van der Waals surface area contributed by atoms with Crippen LogP contribution in [-0.4, -0.2) is 72.1 Å². The smallest absolute Gasteiger partial charge is 0.423 e. The molecule has 8 nitrogen and oxygen atoms in total. The zero-order valence-electron chi connectivity index (χ0n) is 17.1. The van der Waals surface area contributed by atoms with Gasteiger partial charge in [-0.2, -0.15) is 0 Å². The summed E-state index contributed by atoms with van der Waals surface area (Å²) in [6, 6.07) is 4.80. The summed E-state index contributed by atoms with van der Waals surface area (Å²) in [6.45, 7) is 7.28. The van der Waals surface area contributed by atoms with Crippen LogP contribution in [0.25, 0.3) is 0 Å². The molecule has 2 aliphatic heterocycles. The van der Waals surface area contributed by atoms with Gasteiger partial charge in [-0.3, -0.25) is 19.3 Å². The number of benzene rings is 1. The van der Waals surface area contributed by atoms with E-state index in [-0.39, 0.29) is 37.9 Å². The number of likely N-dealkylation sites (tertiary alicyclic amines) is 1. The molecule has 1 unspecified atom stereocenters. The first-order valence-corrected chi connectivity index (χ1v) is 13.5. The van der Waals surface area contributed by atoms with E-state index in [2.05, 4.69) is 19.6 Å². The molecule has 29 heavy (non-hydrogen) atoms. The van der Waals surface area contributed by atoms with Crippen LogP contribution in [-0.2, 0) is 20.9 Å². The first-order valence-electron chi connectivity index (χ1n) is 9.80. The Kier molecular flexibility index (Phi) is 6.28. The molecule has 0 saturated carbocycles. The Balaban J connectivity index is 1.68. The summed E-state index contributed by atoms with van der Waals surface area (Å²) >= 11 is 0. The lowest BCUT2D eigenvalue weighted by molar-refractivity contribution is -0.158. The maximum Gasteiger partial charge on any atom is 0.488 e. The van der Waals surface area contributed by atoms with Crippen molar-refractivity contribution in [1.29, 1.82) is 0 Å². The number of ether oxygens (including phenoxy) is 1. The van der Waals surface area contributed by atoms with Crippen LogP contribution in [0.3, 0.4) is 0 Å². The molecule has 1 atom stereocenters. The van der Waals surface area contributed by atoms with Crippen molar-refractivity contribution in [2.45, 2.75) is 51.1 Å². The third kappa shape index (κ3) is 4.77. The molecule has 2 N–H and O–H groups in total. The lowest BCUT2D eigenvalue weighted by Crippen LogP contribution is -2.55. The Morgan fingerprint density at radius 1 is 1.21 bits per heavy atom. The first-order chi connectivity index (χ1) is 13.6. The fourth-order valence-corrected chi connectivity index (χ4v) is 4.31. The summed E-state index contributed by atoms with van der Waals surface area (Å²) in [5, 5.41) is 18.7. The molecule has 0 spiro atoms. The predicted octanol–water partition coefficient (Wildman–Crippen LogP) is 0.152. The van der Waals surface area contributed by atoms with Crippen LogP contribution < -0.4 is 5.46 Å². The number of hydrogen-bond acceptors (Lipinski definition) is 6. The Bertz CT molecular complexity index is 825. The minimum Gasteiger partial charge on any atom is -0.423 e. The summed E-state index contributed by atoms with van der Waals surface area (Å²) in [5.41, 5.74) is 1.38. The van der Waals surface area contributed by atoms with E-state index in [1.165, 1.54) is 11.0 Å². The van der Waals surface area contributed by atoms with Crippen LogP contribution in [0.5, 0.6) is 0 Å². The number of piperidine rings is 1. The highest BCUT2D eigenvalue weighted by Gasteiger charge is 2.42. The second kappa shape index (κ2) is 8.39. The summed E-state index contributed by atoms with van der Waals surface area (Å²) in [6.07, 6.45) is 0.451. The van der Waals surface area contributed by atoms with Gasteiger partial charge in [-0.25, -0.2) is 0 Å².